The lowest BCUT2D eigenvalue weighted by Gasteiger charge is -2.33. The Morgan fingerprint density at radius 1 is 1.21 bits per heavy atom. The van der Waals surface area contributed by atoms with Crippen molar-refractivity contribution in [2.24, 2.45) is 0 Å². The fourth-order valence-electron chi connectivity index (χ4n) is 3.00. The zero-order valence-corrected chi connectivity index (χ0v) is 18.7. The highest BCUT2D eigenvalue weighted by Gasteiger charge is 2.32. The Bertz CT molecular complexity index is 985. The Morgan fingerprint density at radius 2 is 1.89 bits per heavy atom. The second kappa shape index (κ2) is 8.48. The lowest BCUT2D eigenvalue weighted by Crippen LogP contribution is -2.51. The van der Waals surface area contributed by atoms with Gasteiger partial charge in [-0.1, -0.05) is 15.9 Å². The molecular weight excluding hydrogens is 471 g/mol. The number of aryl methyl sites for hydroxylation is 2. The first-order valence-corrected chi connectivity index (χ1v) is 11.7. The molecule has 152 valence electrons. The van der Waals surface area contributed by atoms with Gasteiger partial charge in [-0.15, -0.1) is 11.3 Å². The van der Waals surface area contributed by atoms with E-state index in [4.69, 9.17) is 4.74 Å². The van der Waals surface area contributed by atoms with Crippen molar-refractivity contribution in [3.8, 4) is 5.75 Å². The molecule has 1 aromatic carbocycles. The van der Waals surface area contributed by atoms with E-state index in [-0.39, 0.29) is 44.4 Å². The molecular formula is C18H20BrFN2O4S2. The maximum atomic E-state index is 13.8. The molecule has 1 aromatic heterocycles. The molecule has 1 saturated heterocycles. The number of ether oxygens (including phenoxy) is 1. The minimum atomic E-state index is -3.57. The van der Waals surface area contributed by atoms with Crippen LogP contribution in [-0.2, 0) is 14.8 Å². The molecule has 0 saturated carbocycles. The van der Waals surface area contributed by atoms with Crippen LogP contribution in [0.3, 0.4) is 0 Å². The summed E-state index contributed by atoms with van der Waals surface area (Å²) >= 11 is 4.61. The Balaban J connectivity index is 1.57. The van der Waals surface area contributed by atoms with E-state index in [0.29, 0.717) is 9.37 Å². The summed E-state index contributed by atoms with van der Waals surface area (Å²) in [5, 5.41) is 0. The summed E-state index contributed by atoms with van der Waals surface area (Å²) in [6, 6.07) is 6.02. The maximum Gasteiger partial charge on any atom is 0.260 e. The number of carbonyl (C=O) groups excluding carboxylic acids is 1. The topological polar surface area (TPSA) is 66.9 Å². The molecule has 1 aliphatic rings. The van der Waals surface area contributed by atoms with E-state index in [1.165, 1.54) is 32.7 Å². The Kier molecular flexibility index (Phi) is 6.43. The van der Waals surface area contributed by atoms with Gasteiger partial charge in [-0.25, -0.2) is 12.8 Å². The Labute approximate surface area is 176 Å². The third-order valence-corrected chi connectivity index (χ3v) is 8.06. The minimum absolute atomic E-state index is 0.000988. The number of amides is 1. The van der Waals surface area contributed by atoms with Crippen molar-refractivity contribution < 1.29 is 22.3 Å². The predicted molar refractivity (Wildman–Crippen MR) is 109 cm³/mol. The van der Waals surface area contributed by atoms with E-state index in [1.54, 1.807) is 19.1 Å². The van der Waals surface area contributed by atoms with E-state index in [1.807, 2.05) is 6.92 Å². The van der Waals surface area contributed by atoms with Crippen molar-refractivity contribution in [2.45, 2.75) is 18.7 Å². The van der Waals surface area contributed by atoms with Crippen LogP contribution < -0.4 is 4.74 Å². The van der Waals surface area contributed by atoms with E-state index in [0.717, 1.165) is 9.75 Å². The molecule has 2 heterocycles. The fourth-order valence-corrected chi connectivity index (χ4v) is 6.28. The van der Waals surface area contributed by atoms with Gasteiger partial charge in [0.2, 0.25) is 10.0 Å². The van der Waals surface area contributed by atoms with Crippen molar-refractivity contribution in [2.75, 3.05) is 32.8 Å². The summed E-state index contributed by atoms with van der Waals surface area (Å²) in [7, 11) is -3.57. The van der Waals surface area contributed by atoms with Crippen LogP contribution in [0.1, 0.15) is 9.75 Å². The molecule has 3 rings (SSSR count). The Hall–Kier alpha value is -1.49. The number of halogens is 2. The number of carbonyl (C=O) groups is 1. The van der Waals surface area contributed by atoms with E-state index in [2.05, 4.69) is 15.9 Å². The summed E-state index contributed by atoms with van der Waals surface area (Å²) < 4.78 is 46.7. The number of rotatable bonds is 5. The van der Waals surface area contributed by atoms with E-state index >= 15 is 0 Å². The first-order chi connectivity index (χ1) is 13.2. The summed E-state index contributed by atoms with van der Waals surface area (Å²) in [6.45, 7) is 4.35. The summed E-state index contributed by atoms with van der Waals surface area (Å²) in [5.41, 5.74) is 0. The third-order valence-electron chi connectivity index (χ3n) is 4.45. The van der Waals surface area contributed by atoms with Crippen molar-refractivity contribution in [3.63, 3.8) is 0 Å². The summed E-state index contributed by atoms with van der Waals surface area (Å²) in [5.74, 6) is -0.859. The third kappa shape index (κ3) is 4.56. The lowest BCUT2D eigenvalue weighted by molar-refractivity contribution is -0.134. The molecule has 10 heteroatoms. The zero-order chi connectivity index (χ0) is 20.5. The van der Waals surface area contributed by atoms with Gasteiger partial charge in [0.05, 0.1) is 4.90 Å². The van der Waals surface area contributed by atoms with Crippen LogP contribution in [0.4, 0.5) is 4.39 Å². The highest BCUT2D eigenvalue weighted by Crippen LogP contribution is 2.28. The summed E-state index contributed by atoms with van der Waals surface area (Å²) in [6.07, 6.45) is 0. The lowest BCUT2D eigenvalue weighted by atomic mass is 10.3. The molecule has 28 heavy (non-hydrogen) atoms. The van der Waals surface area contributed by atoms with Gasteiger partial charge in [0.15, 0.2) is 18.2 Å². The molecule has 0 spiro atoms. The highest BCUT2D eigenvalue weighted by atomic mass is 79.9. The second-order valence-corrected chi connectivity index (χ2v) is 10.7. The van der Waals surface area contributed by atoms with Crippen molar-refractivity contribution >= 4 is 43.2 Å². The number of sulfonamides is 1. The summed E-state index contributed by atoms with van der Waals surface area (Å²) in [4.78, 5) is 15.9. The standard InChI is InChI=1S/C18H20BrFN2O4S2/c1-12-9-17(13(2)27-12)28(24,25)22-7-5-21(6-8-22)18(23)11-26-16-4-3-14(19)10-15(16)20/h3-4,9-10H,5-8,11H2,1-2H3. The molecule has 6 nitrogen and oxygen atoms in total. The molecule has 0 radical (unpaired) electrons. The van der Waals surface area contributed by atoms with Crippen molar-refractivity contribution in [1.29, 1.82) is 0 Å². The van der Waals surface area contributed by atoms with E-state index < -0.39 is 15.8 Å². The first kappa shape index (κ1) is 21.2. The number of benzene rings is 1. The molecule has 2 aromatic rings. The number of nitrogens with zero attached hydrogens (tertiary/aromatic N) is 2. The number of thiophene rings is 1. The van der Waals surface area contributed by atoms with Crippen LogP contribution in [0.25, 0.3) is 0 Å². The molecule has 0 bridgehead atoms. The molecule has 0 atom stereocenters. The van der Waals surface area contributed by atoms with Crippen molar-refractivity contribution in [1.82, 2.24) is 9.21 Å². The number of piperazine rings is 1. The average molecular weight is 491 g/mol. The van der Waals surface area contributed by atoms with Crippen LogP contribution in [0.15, 0.2) is 33.6 Å². The van der Waals surface area contributed by atoms with Gasteiger partial charge in [0, 0.05) is 40.4 Å². The van der Waals surface area contributed by atoms with Gasteiger partial charge >= 0.3 is 0 Å². The SMILES string of the molecule is Cc1cc(S(=O)(=O)N2CCN(C(=O)COc3ccc(Br)cc3F)CC2)c(C)s1. The smallest absolute Gasteiger partial charge is 0.260 e. The molecule has 1 amide bonds. The normalized spacial score (nSPS) is 15.6. The molecule has 1 fully saturated rings. The van der Waals surface area contributed by atoms with Gasteiger partial charge in [0.25, 0.3) is 5.91 Å². The fraction of sp³-hybridized carbons (Fsp3) is 0.389. The van der Waals surface area contributed by atoms with E-state index in [9.17, 15) is 17.6 Å². The van der Waals surface area contributed by atoms with Gasteiger partial charge in [0.1, 0.15) is 0 Å². The van der Waals surface area contributed by atoms with Crippen LogP contribution in [0.2, 0.25) is 0 Å². The minimum Gasteiger partial charge on any atom is -0.481 e. The van der Waals surface area contributed by atoms with Crippen LogP contribution >= 0.6 is 27.3 Å². The number of hydrogen-bond donors (Lipinski definition) is 0. The Morgan fingerprint density at radius 3 is 2.46 bits per heavy atom. The van der Waals surface area contributed by atoms with Gasteiger partial charge in [-0.2, -0.15) is 4.31 Å². The number of hydrogen-bond acceptors (Lipinski definition) is 5. The average Bonchev–Trinajstić information content (AvgIpc) is 3.00. The monoisotopic (exact) mass is 490 g/mol. The molecule has 0 aliphatic carbocycles. The van der Waals surface area contributed by atoms with Crippen molar-refractivity contribution in [3.05, 3.63) is 44.3 Å². The quantitative estimate of drug-likeness (QED) is 0.645. The molecule has 1 aliphatic heterocycles. The van der Waals surface area contributed by atoms with Crippen LogP contribution in [0.5, 0.6) is 5.75 Å². The van der Waals surface area contributed by atoms with Crippen LogP contribution in [-0.4, -0.2) is 56.3 Å². The highest BCUT2D eigenvalue weighted by molar-refractivity contribution is 9.10. The second-order valence-electron chi connectivity index (χ2n) is 6.43. The van der Waals surface area contributed by atoms with Gasteiger partial charge in [-0.3, -0.25) is 4.79 Å². The zero-order valence-electron chi connectivity index (χ0n) is 15.4. The van der Waals surface area contributed by atoms with Crippen LogP contribution in [0, 0.1) is 19.7 Å². The predicted octanol–water partition coefficient (Wildman–Crippen LogP) is 3.18. The molecule has 0 unspecified atom stereocenters. The largest absolute Gasteiger partial charge is 0.481 e. The maximum absolute atomic E-state index is 13.8. The van der Waals surface area contributed by atoms with Gasteiger partial charge in [-0.05, 0) is 38.1 Å². The molecule has 0 N–H and O–H groups in total. The first-order valence-electron chi connectivity index (χ1n) is 8.61. The van der Waals surface area contributed by atoms with Gasteiger partial charge < -0.3 is 9.64 Å².